The van der Waals surface area contributed by atoms with Gasteiger partial charge in [0.2, 0.25) is 0 Å². The maximum Gasteiger partial charge on any atom is 0.274 e. The molecular formula is C18H20N2O2. The Morgan fingerprint density at radius 1 is 1.27 bits per heavy atom. The first kappa shape index (κ1) is 13.6. The molecule has 114 valence electrons. The first-order chi connectivity index (χ1) is 10.7. The zero-order chi connectivity index (χ0) is 15.1. The molecule has 1 amide bonds. The number of hydrogen-bond acceptors (Lipinski definition) is 2. The van der Waals surface area contributed by atoms with Gasteiger partial charge in [-0.05, 0) is 43.0 Å². The van der Waals surface area contributed by atoms with Gasteiger partial charge in [0.25, 0.3) is 5.91 Å². The lowest BCUT2D eigenvalue weighted by molar-refractivity contribution is 0.0970. The van der Waals surface area contributed by atoms with Crippen molar-refractivity contribution in [3.8, 4) is 0 Å². The number of hydrogen-bond donors (Lipinski definition) is 1. The number of aromatic amines is 1. The molecule has 1 N–H and O–H groups in total. The molecule has 4 rings (SSSR count). The van der Waals surface area contributed by atoms with Crippen molar-refractivity contribution in [2.24, 2.45) is 0 Å². The molecule has 0 saturated carbocycles. The first-order valence-corrected chi connectivity index (χ1v) is 7.94. The number of aryl methyl sites for hydroxylation is 1. The van der Waals surface area contributed by atoms with Crippen molar-refractivity contribution in [3.05, 3.63) is 52.8 Å². The number of ether oxygens (including phenoxy) is 1. The van der Waals surface area contributed by atoms with E-state index in [-0.39, 0.29) is 11.9 Å². The monoisotopic (exact) mass is 296 g/mol. The van der Waals surface area contributed by atoms with E-state index in [1.165, 1.54) is 5.56 Å². The molecule has 2 aromatic rings. The van der Waals surface area contributed by atoms with E-state index < -0.39 is 0 Å². The molecule has 1 atom stereocenters. The number of para-hydroxylation sites is 1. The van der Waals surface area contributed by atoms with Gasteiger partial charge in [0, 0.05) is 23.8 Å². The number of amides is 1. The molecule has 0 fully saturated rings. The van der Waals surface area contributed by atoms with E-state index in [1.54, 1.807) is 0 Å². The summed E-state index contributed by atoms with van der Waals surface area (Å²) in [6.45, 7) is 3.45. The van der Waals surface area contributed by atoms with Crippen LogP contribution in [0.5, 0.6) is 0 Å². The molecule has 1 aromatic carbocycles. The van der Waals surface area contributed by atoms with Crippen molar-refractivity contribution in [2.75, 3.05) is 11.5 Å². The molecule has 0 bridgehead atoms. The van der Waals surface area contributed by atoms with Gasteiger partial charge in [0.1, 0.15) is 5.69 Å². The van der Waals surface area contributed by atoms with Gasteiger partial charge in [-0.15, -0.1) is 0 Å². The molecule has 3 heterocycles. The van der Waals surface area contributed by atoms with Crippen LogP contribution in [0.4, 0.5) is 5.69 Å². The molecule has 4 heteroatoms. The Balaban J connectivity index is 1.71. The second-order valence-electron chi connectivity index (χ2n) is 6.18. The van der Waals surface area contributed by atoms with E-state index in [1.807, 2.05) is 23.1 Å². The van der Waals surface area contributed by atoms with Gasteiger partial charge >= 0.3 is 0 Å². The minimum absolute atomic E-state index is 0.0639. The van der Waals surface area contributed by atoms with Crippen molar-refractivity contribution < 1.29 is 9.53 Å². The van der Waals surface area contributed by atoms with Gasteiger partial charge in [-0.3, -0.25) is 4.79 Å². The number of nitrogens with zero attached hydrogens (tertiary/aromatic N) is 1. The molecule has 0 saturated heterocycles. The quantitative estimate of drug-likeness (QED) is 0.879. The Morgan fingerprint density at radius 3 is 3.00 bits per heavy atom. The van der Waals surface area contributed by atoms with Crippen molar-refractivity contribution >= 4 is 11.6 Å². The molecular weight excluding hydrogens is 276 g/mol. The molecule has 1 unspecified atom stereocenters. The lowest BCUT2D eigenvalue weighted by Crippen LogP contribution is -2.42. The fourth-order valence-electron chi connectivity index (χ4n) is 3.49. The Kier molecular flexibility index (Phi) is 3.26. The molecule has 1 aromatic heterocycles. The molecule has 4 nitrogen and oxygen atoms in total. The predicted octanol–water partition coefficient (Wildman–Crippen LogP) is 3.07. The van der Waals surface area contributed by atoms with Crippen LogP contribution in [0.25, 0.3) is 0 Å². The summed E-state index contributed by atoms with van der Waals surface area (Å²) in [5, 5.41) is 0. The largest absolute Gasteiger partial charge is 0.376 e. The normalized spacial score (nSPS) is 20.4. The number of rotatable bonds is 1. The highest BCUT2D eigenvalue weighted by molar-refractivity contribution is 6.06. The summed E-state index contributed by atoms with van der Waals surface area (Å²) in [5.74, 6) is 0.0639. The van der Waals surface area contributed by atoms with Gasteiger partial charge in [0.05, 0.1) is 13.2 Å². The van der Waals surface area contributed by atoms with Gasteiger partial charge in [-0.25, -0.2) is 0 Å². The second kappa shape index (κ2) is 5.29. The highest BCUT2D eigenvalue weighted by atomic mass is 16.5. The van der Waals surface area contributed by atoms with Gasteiger partial charge in [0.15, 0.2) is 0 Å². The molecule has 2 aliphatic heterocycles. The number of fused-ring (bicyclic) bond motifs is 2. The minimum atomic E-state index is 0.0639. The number of anilines is 1. The topological polar surface area (TPSA) is 45.3 Å². The van der Waals surface area contributed by atoms with Crippen LogP contribution in [0.1, 0.15) is 40.7 Å². The van der Waals surface area contributed by atoms with E-state index in [2.05, 4.69) is 24.0 Å². The van der Waals surface area contributed by atoms with Crippen molar-refractivity contribution in [3.63, 3.8) is 0 Å². The van der Waals surface area contributed by atoms with Crippen molar-refractivity contribution in [1.82, 2.24) is 4.98 Å². The summed E-state index contributed by atoms with van der Waals surface area (Å²) in [6, 6.07) is 10.4. The predicted molar refractivity (Wildman–Crippen MR) is 85.2 cm³/mol. The average molecular weight is 296 g/mol. The average Bonchev–Trinajstić information content (AvgIpc) is 2.98. The Bertz CT molecular complexity index is 696. The molecule has 2 aliphatic rings. The lowest BCUT2D eigenvalue weighted by atomic mass is 9.96. The number of carbonyl (C=O) groups is 1. The van der Waals surface area contributed by atoms with Gasteiger partial charge < -0.3 is 14.6 Å². The van der Waals surface area contributed by atoms with Crippen LogP contribution in [-0.4, -0.2) is 23.5 Å². The third-order valence-corrected chi connectivity index (χ3v) is 4.72. The summed E-state index contributed by atoms with van der Waals surface area (Å²) in [4.78, 5) is 18.3. The SMILES string of the molecule is CC1CCc2ccccc2N1C(=O)c1cc2c([nH]1)CCOC2. The van der Waals surface area contributed by atoms with Crippen molar-refractivity contribution in [1.29, 1.82) is 0 Å². The highest BCUT2D eigenvalue weighted by Gasteiger charge is 2.30. The Labute approximate surface area is 130 Å². The van der Waals surface area contributed by atoms with E-state index in [0.29, 0.717) is 12.3 Å². The maximum atomic E-state index is 13.0. The highest BCUT2D eigenvalue weighted by Crippen LogP contribution is 2.32. The van der Waals surface area contributed by atoms with E-state index in [4.69, 9.17) is 4.74 Å². The van der Waals surface area contributed by atoms with Crippen LogP contribution in [0.15, 0.2) is 30.3 Å². The second-order valence-corrected chi connectivity index (χ2v) is 6.18. The van der Waals surface area contributed by atoms with E-state index in [9.17, 15) is 4.79 Å². The molecule has 0 aliphatic carbocycles. The zero-order valence-corrected chi connectivity index (χ0v) is 12.8. The first-order valence-electron chi connectivity index (χ1n) is 7.94. The van der Waals surface area contributed by atoms with E-state index >= 15 is 0 Å². The summed E-state index contributed by atoms with van der Waals surface area (Å²) in [7, 11) is 0. The fraction of sp³-hybridized carbons (Fsp3) is 0.389. The summed E-state index contributed by atoms with van der Waals surface area (Å²) < 4.78 is 5.47. The van der Waals surface area contributed by atoms with E-state index in [0.717, 1.165) is 42.8 Å². The van der Waals surface area contributed by atoms with Crippen LogP contribution >= 0.6 is 0 Å². The number of aromatic nitrogens is 1. The molecule has 0 spiro atoms. The standard InChI is InChI=1S/C18H20N2O2/c1-12-6-7-13-4-2-3-5-17(13)20(12)18(21)16-10-14-11-22-9-8-15(14)19-16/h2-5,10,12,19H,6-9,11H2,1H3. The summed E-state index contributed by atoms with van der Waals surface area (Å²) >= 11 is 0. The number of nitrogens with one attached hydrogen (secondary N) is 1. The smallest absolute Gasteiger partial charge is 0.274 e. The lowest BCUT2D eigenvalue weighted by Gasteiger charge is -2.35. The molecule has 22 heavy (non-hydrogen) atoms. The van der Waals surface area contributed by atoms with Crippen LogP contribution in [0, 0.1) is 0 Å². The third-order valence-electron chi connectivity index (χ3n) is 4.72. The van der Waals surface area contributed by atoms with Gasteiger partial charge in [-0.2, -0.15) is 0 Å². The summed E-state index contributed by atoms with van der Waals surface area (Å²) in [6.07, 6.45) is 2.90. The van der Waals surface area contributed by atoms with Crippen LogP contribution < -0.4 is 4.90 Å². The maximum absolute atomic E-state index is 13.0. The zero-order valence-electron chi connectivity index (χ0n) is 12.8. The number of carbonyl (C=O) groups excluding carboxylic acids is 1. The van der Waals surface area contributed by atoms with Crippen LogP contribution in [0.3, 0.4) is 0 Å². The minimum Gasteiger partial charge on any atom is -0.376 e. The fourth-order valence-corrected chi connectivity index (χ4v) is 3.49. The van der Waals surface area contributed by atoms with Crippen LogP contribution in [-0.2, 0) is 24.2 Å². The Hall–Kier alpha value is -2.07. The van der Waals surface area contributed by atoms with Crippen molar-refractivity contribution in [2.45, 2.75) is 38.8 Å². The number of H-pyrrole nitrogens is 1. The third kappa shape index (κ3) is 2.15. The number of benzene rings is 1. The van der Waals surface area contributed by atoms with Gasteiger partial charge in [-0.1, -0.05) is 18.2 Å². The Morgan fingerprint density at radius 2 is 2.14 bits per heavy atom. The van der Waals surface area contributed by atoms with Crippen LogP contribution in [0.2, 0.25) is 0 Å². The molecule has 0 radical (unpaired) electrons. The summed E-state index contributed by atoms with van der Waals surface area (Å²) in [5.41, 5.74) is 5.25.